The fraction of sp³-hybridized carbons (Fsp3) is 0.231. The second-order valence-electron chi connectivity index (χ2n) is 4.51. The summed E-state index contributed by atoms with van der Waals surface area (Å²) in [5.41, 5.74) is 3.86. The van der Waals surface area contributed by atoms with Crippen molar-refractivity contribution in [1.82, 2.24) is 14.4 Å². The molecule has 84 valence electrons. The van der Waals surface area contributed by atoms with Crippen LogP contribution >= 0.6 is 0 Å². The number of hydrogen-bond donors (Lipinski definition) is 1. The third kappa shape index (κ3) is 1.07. The third-order valence-corrected chi connectivity index (χ3v) is 3.52. The number of nitrogens with one attached hydrogen (secondary N) is 1. The molecule has 4 heteroatoms. The number of pyridine rings is 1. The van der Waals surface area contributed by atoms with Gasteiger partial charge in [-0.25, -0.2) is 4.98 Å². The predicted molar refractivity (Wildman–Crippen MR) is 65.3 cm³/mol. The maximum absolute atomic E-state index is 12.4. The first kappa shape index (κ1) is 8.98. The summed E-state index contributed by atoms with van der Waals surface area (Å²) in [7, 11) is 0. The van der Waals surface area contributed by atoms with Gasteiger partial charge in [0, 0.05) is 11.9 Å². The van der Waals surface area contributed by atoms with Gasteiger partial charge in [0.2, 0.25) is 0 Å². The first-order valence-corrected chi connectivity index (χ1v) is 5.85. The molecule has 3 aromatic rings. The zero-order chi connectivity index (χ0) is 11.4. The number of aryl methyl sites for hydroxylation is 2. The van der Waals surface area contributed by atoms with E-state index in [1.807, 2.05) is 18.2 Å². The number of nitrogens with zero attached hydrogens (tertiary/aromatic N) is 2. The molecule has 0 bridgehead atoms. The minimum atomic E-state index is 0.0463. The van der Waals surface area contributed by atoms with Gasteiger partial charge in [-0.15, -0.1) is 0 Å². The Bertz CT molecular complexity index is 797. The van der Waals surface area contributed by atoms with Crippen molar-refractivity contribution in [2.75, 3.05) is 0 Å². The minimum absolute atomic E-state index is 0.0463. The number of H-pyrrole nitrogens is 1. The van der Waals surface area contributed by atoms with Crippen LogP contribution in [0.15, 0.2) is 29.2 Å². The van der Waals surface area contributed by atoms with Gasteiger partial charge < -0.3 is 4.98 Å². The van der Waals surface area contributed by atoms with Crippen LogP contribution < -0.4 is 5.56 Å². The van der Waals surface area contributed by atoms with Crippen LogP contribution in [0.3, 0.4) is 0 Å². The van der Waals surface area contributed by atoms with E-state index < -0.39 is 0 Å². The first-order chi connectivity index (χ1) is 8.34. The number of aromatic nitrogens is 3. The van der Waals surface area contributed by atoms with Crippen LogP contribution in [-0.4, -0.2) is 14.4 Å². The van der Waals surface area contributed by atoms with Gasteiger partial charge in [-0.3, -0.25) is 9.20 Å². The van der Waals surface area contributed by atoms with E-state index in [1.165, 1.54) is 11.3 Å². The lowest BCUT2D eigenvalue weighted by atomic mass is 10.2. The smallest absolute Gasteiger partial charge is 0.267 e. The molecule has 1 aliphatic rings. The van der Waals surface area contributed by atoms with Crippen molar-refractivity contribution in [1.29, 1.82) is 0 Å². The zero-order valence-electron chi connectivity index (χ0n) is 9.23. The second-order valence-corrected chi connectivity index (χ2v) is 4.51. The zero-order valence-corrected chi connectivity index (χ0v) is 9.23. The van der Waals surface area contributed by atoms with E-state index in [-0.39, 0.29) is 5.56 Å². The quantitative estimate of drug-likeness (QED) is 0.632. The van der Waals surface area contributed by atoms with Crippen LogP contribution in [0.4, 0.5) is 0 Å². The van der Waals surface area contributed by atoms with E-state index >= 15 is 0 Å². The number of hydrogen-bond acceptors (Lipinski definition) is 2. The summed E-state index contributed by atoms with van der Waals surface area (Å²) >= 11 is 0. The van der Waals surface area contributed by atoms with E-state index in [4.69, 9.17) is 0 Å². The Labute approximate surface area is 96.9 Å². The Balaban J connectivity index is 2.28. The average molecular weight is 225 g/mol. The topological polar surface area (TPSA) is 50.2 Å². The number of rotatable bonds is 0. The molecule has 0 spiro atoms. The highest BCUT2D eigenvalue weighted by molar-refractivity contribution is 5.82. The summed E-state index contributed by atoms with van der Waals surface area (Å²) in [5.74, 6) is 0. The van der Waals surface area contributed by atoms with E-state index in [9.17, 15) is 4.79 Å². The van der Waals surface area contributed by atoms with Crippen LogP contribution in [0.5, 0.6) is 0 Å². The maximum atomic E-state index is 12.4. The van der Waals surface area contributed by atoms with Crippen molar-refractivity contribution in [3.05, 3.63) is 46.0 Å². The highest BCUT2D eigenvalue weighted by Crippen LogP contribution is 2.26. The van der Waals surface area contributed by atoms with E-state index in [2.05, 4.69) is 9.97 Å². The molecule has 4 nitrogen and oxygen atoms in total. The number of fused-ring (bicyclic) bond motifs is 4. The van der Waals surface area contributed by atoms with Crippen molar-refractivity contribution >= 4 is 16.7 Å². The highest BCUT2D eigenvalue weighted by atomic mass is 16.1. The maximum Gasteiger partial charge on any atom is 0.267 e. The molecule has 0 unspecified atom stereocenters. The Morgan fingerprint density at radius 1 is 1.29 bits per heavy atom. The molecule has 0 aromatic carbocycles. The molecule has 0 fully saturated rings. The van der Waals surface area contributed by atoms with E-state index in [0.29, 0.717) is 5.65 Å². The summed E-state index contributed by atoms with van der Waals surface area (Å²) < 4.78 is 1.62. The van der Waals surface area contributed by atoms with Crippen molar-refractivity contribution in [3.8, 4) is 0 Å². The Kier molecular flexibility index (Phi) is 1.57. The second kappa shape index (κ2) is 2.97. The standard InChI is InChI=1S/C13H11N3O/c17-13-11-8-4-3-5-9(8)14-12(11)15-10-6-1-2-7-16(10)13/h1-2,6-7,14H,3-5H2. The lowest BCUT2D eigenvalue weighted by Gasteiger charge is -2.00. The van der Waals surface area contributed by atoms with E-state index in [0.717, 1.165) is 30.3 Å². The first-order valence-electron chi connectivity index (χ1n) is 5.85. The normalized spacial score (nSPS) is 14.6. The molecule has 1 N–H and O–H groups in total. The molecule has 0 saturated carbocycles. The fourth-order valence-corrected chi connectivity index (χ4v) is 2.75. The van der Waals surface area contributed by atoms with Crippen LogP contribution in [0, 0.1) is 0 Å². The average Bonchev–Trinajstić information content (AvgIpc) is 2.89. The Morgan fingerprint density at radius 3 is 3.18 bits per heavy atom. The Morgan fingerprint density at radius 2 is 2.24 bits per heavy atom. The summed E-state index contributed by atoms with van der Waals surface area (Å²) in [6.45, 7) is 0. The third-order valence-electron chi connectivity index (χ3n) is 3.52. The van der Waals surface area contributed by atoms with Gasteiger partial charge in [0.05, 0.1) is 5.39 Å². The van der Waals surface area contributed by atoms with E-state index in [1.54, 1.807) is 10.6 Å². The predicted octanol–water partition coefficient (Wildman–Crippen LogP) is 1.66. The van der Waals surface area contributed by atoms with Gasteiger partial charge >= 0.3 is 0 Å². The lowest BCUT2D eigenvalue weighted by Crippen LogP contribution is -2.15. The van der Waals surface area contributed by atoms with Gasteiger partial charge in [0.15, 0.2) is 0 Å². The lowest BCUT2D eigenvalue weighted by molar-refractivity contribution is 0.895. The molecule has 0 saturated heterocycles. The molecule has 3 aromatic heterocycles. The summed E-state index contributed by atoms with van der Waals surface area (Å²) in [6.07, 6.45) is 4.93. The van der Waals surface area contributed by atoms with Crippen molar-refractivity contribution in [3.63, 3.8) is 0 Å². The molecule has 4 rings (SSSR count). The molecular formula is C13H11N3O. The van der Waals surface area contributed by atoms with Gasteiger partial charge in [-0.05, 0) is 37.0 Å². The summed E-state index contributed by atoms with van der Waals surface area (Å²) in [5, 5.41) is 0.779. The fourth-order valence-electron chi connectivity index (χ4n) is 2.75. The number of aromatic amines is 1. The largest absolute Gasteiger partial charge is 0.343 e. The molecule has 0 atom stereocenters. The molecule has 17 heavy (non-hydrogen) atoms. The monoisotopic (exact) mass is 225 g/mol. The van der Waals surface area contributed by atoms with Gasteiger partial charge in [-0.2, -0.15) is 0 Å². The minimum Gasteiger partial charge on any atom is -0.343 e. The summed E-state index contributed by atoms with van der Waals surface area (Å²) in [6, 6.07) is 5.60. The highest BCUT2D eigenvalue weighted by Gasteiger charge is 2.20. The SMILES string of the molecule is O=c1c2c3c([nH]c2nc2ccccn12)CCC3. The molecule has 0 amide bonds. The molecule has 1 aliphatic carbocycles. The molecule has 0 radical (unpaired) electrons. The van der Waals surface area contributed by atoms with Crippen LogP contribution in [0.1, 0.15) is 17.7 Å². The van der Waals surface area contributed by atoms with Crippen LogP contribution in [0.2, 0.25) is 0 Å². The van der Waals surface area contributed by atoms with Gasteiger partial charge in [-0.1, -0.05) is 6.07 Å². The molecule has 3 heterocycles. The van der Waals surface area contributed by atoms with Crippen LogP contribution in [-0.2, 0) is 12.8 Å². The van der Waals surface area contributed by atoms with Gasteiger partial charge in [0.1, 0.15) is 11.3 Å². The van der Waals surface area contributed by atoms with Crippen molar-refractivity contribution in [2.45, 2.75) is 19.3 Å². The van der Waals surface area contributed by atoms with Crippen molar-refractivity contribution < 1.29 is 0 Å². The van der Waals surface area contributed by atoms with Crippen LogP contribution in [0.25, 0.3) is 16.7 Å². The Hall–Kier alpha value is -2.10. The molecular weight excluding hydrogens is 214 g/mol. The van der Waals surface area contributed by atoms with Crippen molar-refractivity contribution in [2.24, 2.45) is 0 Å². The molecule has 0 aliphatic heterocycles. The van der Waals surface area contributed by atoms with Gasteiger partial charge in [0.25, 0.3) is 5.56 Å². The summed E-state index contributed by atoms with van der Waals surface area (Å²) in [4.78, 5) is 20.2.